The van der Waals surface area contributed by atoms with Gasteiger partial charge < -0.3 is 4.98 Å². The average molecular weight is 190 g/mol. The molecule has 0 unspecified atom stereocenters. The molecule has 0 fully saturated rings. The van der Waals surface area contributed by atoms with Crippen LogP contribution >= 0.6 is 0 Å². The number of fused-ring (bicyclic) bond motifs is 1. The molecule has 0 radical (unpaired) electrons. The van der Waals surface area contributed by atoms with Crippen molar-refractivity contribution < 1.29 is 9.18 Å². The standard InChI is InChI=1S/C10H7FN2O/c11-8-2-1-3-9-10(8)7(5-13-9)4-12-6-14/h1-3,5,13H,4H2. The van der Waals surface area contributed by atoms with E-state index in [0.29, 0.717) is 16.5 Å². The summed E-state index contributed by atoms with van der Waals surface area (Å²) in [4.78, 5) is 16.2. The summed E-state index contributed by atoms with van der Waals surface area (Å²) in [6.07, 6.45) is 3.08. The van der Waals surface area contributed by atoms with Crippen molar-refractivity contribution in [2.45, 2.75) is 6.54 Å². The number of carbonyl (C=O) groups excluding carboxylic acids is 1. The summed E-state index contributed by atoms with van der Waals surface area (Å²) in [6, 6.07) is 4.78. The van der Waals surface area contributed by atoms with Gasteiger partial charge in [0.2, 0.25) is 6.08 Å². The summed E-state index contributed by atoms with van der Waals surface area (Å²) in [7, 11) is 0. The van der Waals surface area contributed by atoms with Gasteiger partial charge in [-0.15, -0.1) is 0 Å². The molecular weight excluding hydrogens is 183 g/mol. The average Bonchev–Trinajstić information content (AvgIpc) is 2.59. The third-order valence-corrected chi connectivity index (χ3v) is 2.05. The Morgan fingerprint density at radius 3 is 3.14 bits per heavy atom. The molecule has 1 N–H and O–H groups in total. The molecule has 0 aliphatic heterocycles. The van der Waals surface area contributed by atoms with Gasteiger partial charge in [0.05, 0.1) is 6.54 Å². The van der Waals surface area contributed by atoms with E-state index in [1.165, 1.54) is 12.1 Å². The van der Waals surface area contributed by atoms with Gasteiger partial charge in [-0.1, -0.05) is 6.07 Å². The van der Waals surface area contributed by atoms with Gasteiger partial charge in [0.1, 0.15) is 5.82 Å². The molecule has 14 heavy (non-hydrogen) atoms. The first-order valence-corrected chi connectivity index (χ1v) is 4.11. The number of rotatable bonds is 2. The van der Waals surface area contributed by atoms with Crippen LogP contribution in [-0.2, 0) is 11.3 Å². The minimum atomic E-state index is -0.306. The molecule has 1 heterocycles. The fourth-order valence-corrected chi connectivity index (χ4v) is 1.45. The molecule has 4 heteroatoms. The number of halogens is 1. The predicted molar refractivity (Wildman–Crippen MR) is 50.1 cm³/mol. The number of nitrogens with one attached hydrogen (secondary N) is 1. The van der Waals surface area contributed by atoms with Crippen LogP contribution in [0.1, 0.15) is 5.56 Å². The number of hydrogen-bond acceptors (Lipinski definition) is 2. The Labute approximate surface area is 79.3 Å². The quantitative estimate of drug-likeness (QED) is 0.572. The van der Waals surface area contributed by atoms with Crippen LogP contribution in [0.5, 0.6) is 0 Å². The predicted octanol–water partition coefficient (Wildman–Crippen LogP) is 2.14. The van der Waals surface area contributed by atoms with Crippen molar-refractivity contribution in [2.24, 2.45) is 4.99 Å². The zero-order valence-electron chi connectivity index (χ0n) is 7.25. The lowest BCUT2D eigenvalue weighted by atomic mass is 10.1. The van der Waals surface area contributed by atoms with Crippen LogP contribution in [0.2, 0.25) is 0 Å². The van der Waals surface area contributed by atoms with Crippen molar-refractivity contribution in [1.29, 1.82) is 0 Å². The molecule has 0 atom stereocenters. The number of aliphatic imine (C=N–C) groups is 1. The van der Waals surface area contributed by atoms with E-state index in [9.17, 15) is 9.18 Å². The molecule has 2 rings (SSSR count). The molecule has 0 aliphatic rings. The van der Waals surface area contributed by atoms with Crippen LogP contribution in [0, 0.1) is 5.82 Å². The lowest BCUT2D eigenvalue weighted by Gasteiger charge is -1.94. The normalized spacial score (nSPS) is 10.1. The van der Waals surface area contributed by atoms with Gasteiger partial charge in [-0.05, 0) is 12.1 Å². The molecule has 0 aliphatic carbocycles. The Balaban J connectivity index is 2.60. The smallest absolute Gasteiger partial charge is 0.235 e. The van der Waals surface area contributed by atoms with E-state index in [-0.39, 0.29) is 12.4 Å². The van der Waals surface area contributed by atoms with Crippen molar-refractivity contribution in [2.75, 3.05) is 0 Å². The molecule has 1 aromatic heterocycles. The molecule has 0 saturated heterocycles. The summed E-state index contributed by atoms with van der Waals surface area (Å²) >= 11 is 0. The van der Waals surface area contributed by atoms with Crippen LogP contribution in [0.4, 0.5) is 4.39 Å². The third kappa shape index (κ3) is 1.32. The highest BCUT2D eigenvalue weighted by atomic mass is 19.1. The van der Waals surface area contributed by atoms with E-state index in [1.54, 1.807) is 18.3 Å². The summed E-state index contributed by atoms with van der Waals surface area (Å²) in [5.41, 5.74) is 1.38. The number of nitrogens with zero attached hydrogens (tertiary/aromatic N) is 1. The lowest BCUT2D eigenvalue weighted by Crippen LogP contribution is -1.81. The zero-order chi connectivity index (χ0) is 9.97. The van der Waals surface area contributed by atoms with Gasteiger partial charge >= 0.3 is 0 Å². The number of isocyanates is 1. The second-order valence-electron chi connectivity index (χ2n) is 2.88. The van der Waals surface area contributed by atoms with Gasteiger partial charge in [-0.3, -0.25) is 0 Å². The minimum Gasteiger partial charge on any atom is -0.361 e. The summed E-state index contributed by atoms with van der Waals surface area (Å²) < 4.78 is 13.3. The van der Waals surface area contributed by atoms with Gasteiger partial charge in [-0.25, -0.2) is 14.2 Å². The Kier molecular flexibility index (Phi) is 2.13. The van der Waals surface area contributed by atoms with E-state index < -0.39 is 0 Å². The topological polar surface area (TPSA) is 45.2 Å². The second-order valence-corrected chi connectivity index (χ2v) is 2.88. The molecular formula is C10H7FN2O. The van der Waals surface area contributed by atoms with Crippen molar-refractivity contribution in [1.82, 2.24) is 4.98 Å². The van der Waals surface area contributed by atoms with E-state index in [2.05, 4.69) is 9.98 Å². The maximum atomic E-state index is 13.3. The summed E-state index contributed by atoms with van der Waals surface area (Å²) in [5, 5.41) is 0.492. The van der Waals surface area contributed by atoms with Crippen molar-refractivity contribution in [3.63, 3.8) is 0 Å². The number of benzene rings is 1. The molecule has 3 nitrogen and oxygen atoms in total. The fraction of sp³-hybridized carbons (Fsp3) is 0.100. The van der Waals surface area contributed by atoms with E-state index >= 15 is 0 Å². The molecule has 2 aromatic rings. The fourth-order valence-electron chi connectivity index (χ4n) is 1.45. The van der Waals surface area contributed by atoms with Crippen LogP contribution < -0.4 is 0 Å². The first kappa shape index (κ1) is 8.66. The second kappa shape index (κ2) is 3.44. The zero-order valence-corrected chi connectivity index (χ0v) is 7.25. The first-order valence-electron chi connectivity index (χ1n) is 4.11. The van der Waals surface area contributed by atoms with E-state index in [4.69, 9.17) is 0 Å². The Bertz CT molecular complexity index is 512. The maximum absolute atomic E-state index is 13.3. The SMILES string of the molecule is O=C=NCc1c[nH]c2cccc(F)c12. The Morgan fingerprint density at radius 1 is 1.50 bits per heavy atom. The first-order chi connectivity index (χ1) is 6.83. The number of aromatic amines is 1. The van der Waals surface area contributed by atoms with Gasteiger partial charge in [0.15, 0.2) is 0 Å². The summed E-state index contributed by atoms with van der Waals surface area (Å²) in [5.74, 6) is -0.306. The maximum Gasteiger partial charge on any atom is 0.235 e. The van der Waals surface area contributed by atoms with Gasteiger partial charge in [0, 0.05) is 22.7 Å². The summed E-state index contributed by atoms with van der Waals surface area (Å²) in [6.45, 7) is 0.157. The van der Waals surface area contributed by atoms with Crippen LogP contribution in [0.15, 0.2) is 29.4 Å². The molecule has 1 aromatic carbocycles. The molecule has 0 spiro atoms. The van der Waals surface area contributed by atoms with Crippen molar-refractivity contribution in [3.05, 3.63) is 35.8 Å². The van der Waals surface area contributed by atoms with E-state index in [1.807, 2.05) is 0 Å². The molecule has 0 amide bonds. The number of H-pyrrole nitrogens is 1. The monoisotopic (exact) mass is 190 g/mol. The van der Waals surface area contributed by atoms with Crippen LogP contribution in [0.25, 0.3) is 10.9 Å². The number of aromatic nitrogens is 1. The van der Waals surface area contributed by atoms with E-state index in [0.717, 1.165) is 0 Å². The lowest BCUT2D eigenvalue weighted by molar-refractivity contribution is 0.562. The highest BCUT2D eigenvalue weighted by molar-refractivity contribution is 5.83. The Morgan fingerprint density at radius 2 is 2.36 bits per heavy atom. The molecule has 70 valence electrons. The highest BCUT2D eigenvalue weighted by Gasteiger charge is 2.06. The molecule has 0 saturated carbocycles. The largest absolute Gasteiger partial charge is 0.361 e. The third-order valence-electron chi connectivity index (χ3n) is 2.05. The van der Waals surface area contributed by atoms with Crippen LogP contribution in [-0.4, -0.2) is 11.1 Å². The van der Waals surface area contributed by atoms with Gasteiger partial charge in [0.25, 0.3) is 0 Å². The highest BCUT2D eigenvalue weighted by Crippen LogP contribution is 2.21. The van der Waals surface area contributed by atoms with Crippen LogP contribution in [0.3, 0.4) is 0 Å². The Hall–Kier alpha value is -1.93. The minimum absolute atomic E-state index is 0.157. The number of hydrogen-bond donors (Lipinski definition) is 1. The molecule has 0 bridgehead atoms. The van der Waals surface area contributed by atoms with Crippen molar-refractivity contribution in [3.8, 4) is 0 Å². The van der Waals surface area contributed by atoms with Gasteiger partial charge in [-0.2, -0.15) is 0 Å². The van der Waals surface area contributed by atoms with Crippen molar-refractivity contribution >= 4 is 17.0 Å².